The molecule has 1 amide bonds. The van der Waals surface area contributed by atoms with Gasteiger partial charge in [-0.05, 0) is 92.2 Å². The van der Waals surface area contributed by atoms with E-state index in [4.69, 9.17) is 9.47 Å². The van der Waals surface area contributed by atoms with E-state index in [0.29, 0.717) is 18.8 Å². The molecule has 1 saturated heterocycles. The first-order chi connectivity index (χ1) is 18.1. The summed E-state index contributed by atoms with van der Waals surface area (Å²) in [5.41, 5.74) is 1.60. The van der Waals surface area contributed by atoms with E-state index < -0.39 is 0 Å². The van der Waals surface area contributed by atoms with Crippen LogP contribution in [-0.2, 0) is 11.2 Å². The minimum Gasteiger partial charge on any atom is -0.493 e. The molecule has 3 aliphatic rings. The normalized spacial score (nSPS) is 20.8. The van der Waals surface area contributed by atoms with Gasteiger partial charge in [-0.2, -0.15) is 0 Å². The molecule has 2 fully saturated rings. The van der Waals surface area contributed by atoms with Gasteiger partial charge in [0.05, 0.1) is 13.0 Å². The number of amides is 1. The lowest BCUT2D eigenvalue weighted by molar-refractivity contribution is -0.134. The number of carbonyl (C=O) groups excluding carboxylic acids is 1. The SMILES string of the molecule is O=C(CCOc1ccc(F)cc1)N1CCC2(CCCCc3ccccc3OCCN(CC3CC3)C2)CC1. The number of carbonyl (C=O) groups is 1. The minimum atomic E-state index is -0.287. The number of para-hydroxylation sites is 1. The summed E-state index contributed by atoms with van der Waals surface area (Å²) in [6, 6.07) is 14.5. The monoisotopic (exact) mass is 508 g/mol. The van der Waals surface area contributed by atoms with Crippen LogP contribution in [0.15, 0.2) is 48.5 Å². The average molecular weight is 509 g/mol. The summed E-state index contributed by atoms with van der Waals surface area (Å²) in [5.74, 6) is 2.37. The molecule has 200 valence electrons. The summed E-state index contributed by atoms with van der Waals surface area (Å²) >= 11 is 0. The van der Waals surface area contributed by atoms with Crippen molar-refractivity contribution in [3.63, 3.8) is 0 Å². The van der Waals surface area contributed by atoms with Crippen molar-refractivity contribution in [3.8, 4) is 11.5 Å². The molecule has 5 nitrogen and oxygen atoms in total. The standard InChI is InChI=1S/C31H41FN2O3/c32-27-10-12-28(13-11-27)36-21-14-30(35)34-18-16-31(17-19-34)15-4-3-6-26-5-1-2-7-29(26)37-22-20-33(24-31)23-25-8-9-25/h1-2,5,7,10-13,25H,3-4,6,8-9,14-24H2. The Morgan fingerprint density at radius 3 is 2.57 bits per heavy atom. The van der Waals surface area contributed by atoms with Crippen molar-refractivity contribution in [2.75, 3.05) is 45.9 Å². The smallest absolute Gasteiger partial charge is 0.225 e. The molecule has 2 heterocycles. The fourth-order valence-electron chi connectivity index (χ4n) is 5.99. The number of ether oxygens (including phenoxy) is 2. The number of rotatable bonds is 6. The largest absolute Gasteiger partial charge is 0.493 e. The number of hydrogen-bond acceptors (Lipinski definition) is 4. The van der Waals surface area contributed by atoms with Crippen LogP contribution in [0.2, 0.25) is 0 Å². The summed E-state index contributed by atoms with van der Waals surface area (Å²) in [6.07, 6.45) is 9.88. The average Bonchev–Trinajstić information content (AvgIpc) is 3.72. The summed E-state index contributed by atoms with van der Waals surface area (Å²) in [7, 11) is 0. The molecule has 0 atom stereocenters. The fourth-order valence-corrected chi connectivity index (χ4v) is 5.99. The van der Waals surface area contributed by atoms with E-state index in [1.165, 1.54) is 56.3 Å². The van der Waals surface area contributed by atoms with Crippen LogP contribution in [0.1, 0.15) is 56.9 Å². The van der Waals surface area contributed by atoms with Gasteiger partial charge in [-0.25, -0.2) is 4.39 Å². The van der Waals surface area contributed by atoms with Crippen LogP contribution in [0.25, 0.3) is 0 Å². The van der Waals surface area contributed by atoms with Crippen molar-refractivity contribution in [2.45, 2.75) is 57.8 Å². The van der Waals surface area contributed by atoms with Crippen LogP contribution >= 0.6 is 0 Å². The zero-order valence-corrected chi connectivity index (χ0v) is 22.0. The highest BCUT2D eigenvalue weighted by Gasteiger charge is 2.38. The first kappa shape index (κ1) is 26.0. The first-order valence-electron chi connectivity index (χ1n) is 14.2. The molecule has 2 aromatic carbocycles. The number of halogens is 1. The van der Waals surface area contributed by atoms with E-state index in [2.05, 4.69) is 29.2 Å². The lowest BCUT2D eigenvalue weighted by atomic mass is 9.73. The van der Waals surface area contributed by atoms with Gasteiger partial charge in [-0.1, -0.05) is 24.6 Å². The molecule has 37 heavy (non-hydrogen) atoms. The number of fused-ring (bicyclic) bond motifs is 1. The van der Waals surface area contributed by atoms with E-state index in [-0.39, 0.29) is 17.1 Å². The highest BCUT2D eigenvalue weighted by Crippen LogP contribution is 2.40. The van der Waals surface area contributed by atoms with Crippen LogP contribution in [-0.4, -0.2) is 61.6 Å². The summed E-state index contributed by atoms with van der Waals surface area (Å²) in [6.45, 7) is 5.97. The Morgan fingerprint density at radius 2 is 1.78 bits per heavy atom. The second kappa shape index (κ2) is 12.3. The predicted molar refractivity (Wildman–Crippen MR) is 143 cm³/mol. The highest BCUT2D eigenvalue weighted by molar-refractivity contribution is 5.76. The lowest BCUT2D eigenvalue weighted by Crippen LogP contribution is -2.49. The topological polar surface area (TPSA) is 42.0 Å². The van der Waals surface area contributed by atoms with Gasteiger partial charge in [0.15, 0.2) is 0 Å². The number of nitrogens with zero attached hydrogens (tertiary/aromatic N) is 2. The van der Waals surface area contributed by atoms with Gasteiger partial charge >= 0.3 is 0 Å². The lowest BCUT2D eigenvalue weighted by Gasteiger charge is -2.45. The van der Waals surface area contributed by atoms with Crippen molar-refractivity contribution in [3.05, 3.63) is 59.9 Å². The third-order valence-corrected chi connectivity index (χ3v) is 8.39. The Bertz CT molecular complexity index is 1020. The van der Waals surface area contributed by atoms with Crippen molar-refractivity contribution in [2.24, 2.45) is 11.3 Å². The molecule has 0 unspecified atom stereocenters. The third kappa shape index (κ3) is 7.47. The maximum absolute atomic E-state index is 13.1. The van der Waals surface area contributed by atoms with Gasteiger partial charge in [-0.3, -0.25) is 9.69 Å². The van der Waals surface area contributed by atoms with Gasteiger partial charge in [0, 0.05) is 32.7 Å². The van der Waals surface area contributed by atoms with Gasteiger partial charge in [0.2, 0.25) is 5.91 Å². The van der Waals surface area contributed by atoms with Crippen molar-refractivity contribution < 1.29 is 18.7 Å². The fraction of sp³-hybridized carbons (Fsp3) is 0.581. The molecule has 1 aliphatic carbocycles. The molecular formula is C31H41FN2O3. The Labute approximate surface area is 220 Å². The number of piperidine rings is 1. The van der Waals surface area contributed by atoms with Crippen molar-refractivity contribution in [1.29, 1.82) is 0 Å². The van der Waals surface area contributed by atoms with Gasteiger partial charge in [0.1, 0.15) is 23.9 Å². The number of benzene rings is 2. The number of hydrogen-bond donors (Lipinski definition) is 0. The van der Waals surface area contributed by atoms with Crippen molar-refractivity contribution >= 4 is 5.91 Å². The van der Waals surface area contributed by atoms with Gasteiger partial charge < -0.3 is 14.4 Å². The first-order valence-corrected chi connectivity index (χ1v) is 14.2. The van der Waals surface area contributed by atoms with Crippen LogP contribution < -0.4 is 9.47 Å². The van der Waals surface area contributed by atoms with E-state index in [9.17, 15) is 9.18 Å². The minimum absolute atomic E-state index is 0.157. The molecule has 1 saturated carbocycles. The molecule has 6 heteroatoms. The molecule has 0 radical (unpaired) electrons. The Kier molecular flexibility index (Phi) is 8.65. The van der Waals surface area contributed by atoms with Crippen LogP contribution in [0, 0.1) is 17.2 Å². The second-order valence-corrected chi connectivity index (χ2v) is 11.3. The Morgan fingerprint density at radius 1 is 1.00 bits per heavy atom. The van der Waals surface area contributed by atoms with E-state index in [0.717, 1.165) is 63.7 Å². The Balaban J connectivity index is 1.17. The number of aryl methyl sites for hydroxylation is 1. The summed E-state index contributed by atoms with van der Waals surface area (Å²) in [4.78, 5) is 17.6. The highest BCUT2D eigenvalue weighted by atomic mass is 19.1. The predicted octanol–water partition coefficient (Wildman–Crippen LogP) is 5.72. The molecule has 0 bridgehead atoms. The van der Waals surface area contributed by atoms with Crippen molar-refractivity contribution in [1.82, 2.24) is 9.80 Å². The van der Waals surface area contributed by atoms with Crippen LogP contribution in [0.4, 0.5) is 4.39 Å². The van der Waals surface area contributed by atoms with Crippen LogP contribution in [0.3, 0.4) is 0 Å². The third-order valence-electron chi connectivity index (χ3n) is 8.39. The van der Waals surface area contributed by atoms with Gasteiger partial charge in [-0.15, -0.1) is 0 Å². The molecular weight excluding hydrogens is 467 g/mol. The quantitative estimate of drug-likeness (QED) is 0.501. The second-order valence-electron chi connectivity index (χ2n) is 11.3. The maximum atomic E-state index is 13.1. The zero-order valence-electron chi connectivity index (χ0n) is 22.0. The van der Waals surface area contributed by atoms with E-state index in [1.54, 1.807) is 12.1 Å². The molecule has 0 N–H and O–H groups in total. The summed E-state index contributed by atoms with van der Waals surface area (Å²) in [5, 5.41) is 0. The van der Waals surface area contributed by atoms with E-state index >= 15 is 0 Å². The van der Waals surface area contributed by atoms with Crippen LogP contribution in [0.5, 0.6) is 11.5 Å². The number of likely N-dealkylation sites (tertiary alicyclic amines) is 1. The molecule has 1 spiro atoms. The molecule has 5 rings (SSSR count). The molecule has 0 aromatic heterocycles. The summed E-state index contributed by atoms with van der Waals surface area (Å²) < 4.78 is 25.0. The van der Waals surface area contributed by atoms with Gasteiger partial charge in [0.25, 0.3) is 0 Å². The molecule has 2 aliphatic heterocycles. The molecule has 2 aromatic rings. The Hall–Kier alpha value is -2.60. The maximum Gasteiger partial charge on any atom is 0.225 e. The van der Waals surface area contributed by atoms with E-state index in [1.807, 2.05) is 4.90 Å². The zero-order chi connectivity index (χ0) is 25.5.